The first-order valence-corrected chi connectivity index (χ1v) is 11.0. The van der Waals surface area contributed by atoms with Crippen molar-refractivity contribution in [2.45, 2.75) is 32.2 Å². The van der Waals surface area contributed by atoms with Gasteiger partial charge in [0.15, 0.2) is 0 Å². The fourth-order valence-electron chi connectivity index (χ4n) is 3.75. The van der Waals surface area contributed by atoms with Gasteiger partial charge < -0.3 is 9.64 Å². The van der Waals surface area contributed by atoms with E-state index in [1.54, 1.807) is 36.3 Å². The van der Waals surface area contributed by atoms with Crippen LogP contribution in [-0.2, 0) is 9.59 Å². The molecule has 31 heavy (non-hydrogen) atoms. The van der Waals surface area contributed by atoms with Gasteiger partial charge in [-0.05, 0) is 52.2 Å². The summed E-state index contributed by atoms with van der Waals surface area (Å²) in [5.41, 5.74) is 6.23. The molecule has 0 spiro atoms. The van der Waals surface area contributed by atoms with E-state index in [2.05, 4.69) is 33.7 Å². The van der Waals surface area contributed by atoms with Gasteiger partial charge in [-0.15, -0.1) is 0 Å². The molecule has 1 saturated heterocycles. The van der Waals surface area contributed by atoms with Gasteiger partial charge in [-0.25, -0.2) is 0 Å². The summed E-state index contributed by atoms with van der Waals surface area (Å²) in [6.45, 7) is 2.64. The number of amides is 3. The highest BCUT2D eigenvalue weighted by Crippen LogP contribution is 2.39. The summed E-state index contributed by atoms with van der Waals surface area (Å²) in [7, 11) is 1.59. The van der Waals surface area contributed by atoms with E-state index in [1.165, 1.54) is 0 Å². The number of likely N-dealkylation sites (tertiary alicyclic amines) is 1. The predicted octanol–water partition coefficient (Wildman–Crippen LogP) is 3.61. The molecule has 1 aliphatic rings. The van der Waals surface area contributed by atoms with Crippen molar-refractivity contribution in [2.24, 2.45) is 5.92 Å². The molecule has 0 aliphatic carbocycles. The van der Waals surface area contributed by atoms with Crippen LogP contribution in [0.5, 0.6) is 5.75 Å². The second kappa shape index (κ2) is 10.4. The highest BCUT2D eigenvalue weighted by atomic mass is 79.9. The quantitative estimate of drug-likeness (QED) is 0.583. The molecule has 0 radical (unpaired) electrons. The summed E-state index contributed by atoms with van der Waals surface area (Å²) >= 11 is 3.33. The van der Waals surface area contributed by atoms with Gasteiger partial charge in [0.25, 0.3) is 5.91 Å². The van der Waals surface area contributed by atoms with Crippen LogP contribution in [0.3, 0.4) is 0 Å². The maximum Gasteiger partial charge on any atom is 0.270 e. The first-order chi connectivity index (χ1) is 15.0. The Hall–Kier alpha value is -2.87. The molecule has 0 saturated carbocycles. The summed E-state index contributed by atoms with van der Waals surface area (Å²) in [6, 6.07) is 13.9. The molecule has 0 aromatic heterocycles. The number of nitrogens with one attached hydrogen (secondary N) is 2. The number of carbonyl (C=O) groups is 3. The molecule has 2 unspecified atom stereocenters. The van der Waals surface area contributed by atoms with Gasteiger partial charge in [0.05, 0.1) is 24.6 Å². The average Bonchev–Trinajstić information content (AvgIpc) is 3.12. The minimum Gasteiger partial charge on any atom is -0.497 e. The van der Waals surface area contributed by atoms with Gasteiger partial charge in [0, 0.05) is 17.4 Å². The summed E-state index contributed by atoms with van der Waals surface area (Å²) in [5.74, 6) is -0.804. The number of hydrazine groups is 1. The van der Waals surface area contributed by atoms with Crippen molar-refractivity contribution in [3.8, 4) is 5.75 Å². The van der Waals surface area contributed by atoms with E-state index in [0.717, 1.165) is 18.4 Å². The Labute approximate surface area is 190 Å². The Kier molecular flexibility index (Phi) is 7.68. The molecule has 1 aliphatic heterocycles. The van der Waals surface area contributed by atoms with Crippen LogP contribution in [-0.4, -0.2) is 36.3 Å². The monoisotopic (exact) mass is 487 g/mol. The zero-order valence-corrected chi connectivity index (χ0v) is 19.1. The first-order valence-electron chi connectivity index (χ1n) is 10.2. The van der Waals surface area contributed by atoms with Crippen molar-refractivity contribution in [1.82, 2.24) is 15.8 Å². The van der Waals surface area contributed by atoms with Crippen molar-refractivity contribution in [3.63, 3.8) is 0 Å². The van der Waals surface area contributed by atoms with Gasteiger partial charge in [0.2, 0.25) is 11.8 Å². The van der Waals surface area contributed by atoms with Gasteiger partial charge in [0.1, 0.15) is 5.75 Å². The van der Waals surface area contributed by atoms with Crippen LogP contribution in [0.25, 0.3) is 0 Å². The van der Waals surface area contributed by atoms with Gasteiger partial charge in [-0.1, -0.05) is 37.6 Å². The van der Waals surface area contributed by atoms with Crippen molar-refractivity contribution < 1.29 is 19.1 Å². The van der Waals surface area contributed by atoms with Crippen molar-refractivity contribution in [3.05, 3.63) is 64.1 Å². The van der Waals surface area contributed by atoms with Gasteiger partial charge in [-0.2, -0.15) is 0 Å². The number of rotatable bonds is 7. The normalized spacial score (nSPS) is 18.0. The number of methoxy groups -OCH3 is 1. The Morgan fingerprint density at radius 2 is 1.84 bits per heavy atom. The fraction of sp³-hybridized carbons (Fsp3) is 0.348. The fourth-order valence-corrected chi connectivity index (χ4v) is 4.22. The van der Waals surface area contributed by atoms with Crippen molar-refractivity contribution >= 4 is 33.7 Å². The second-order valence-corrected chi connectivity index (χ2v) is 8.25. The van der Waals surface area contributed by atoms with Crippen LogP contribution < -0.4 is 15.6 Å². The third-order valence-corrected chi connectivity index (χ3v) is 6.09. The molecular formula is C23H26BrN3O4. The van der Waals surface area contributed by atoms with Gasteiger partial charge in [-0.3, -0.25) is 25.2 Å². The lowest BCUT2D eigenvalue weighted by atomic mass is 9.93. The lowest BCUT2D eigenvalue weighted by molar-refractivity contribution is -0.129. The largest absolute Gasteiger partial charge is 0.497 e. The summed E-state index contributed by atoms with van der Waals surface area (Å²) < 4.78 is 5.85. The molecule has 164 valence electrons. The SMILES string of the molecule is CCCCN1C(=O)CC(C(=O)NNC(=O)c2ccccc2Br)C1c1ccc(OC)cc1. The highest BCUT2D eigenvalue weighted by Gasteiger charge is 2.44. The molecule has 1 heterocycles. The van der Waals surface area contributed by atoms with Crippen LogP contribution in [0.15, 0.2) is 53.0 Å². The molecule has 2 aromatic carbocycles. The zero-order chi connectivity index (χ0) is 22.4. The summed E-state index contributed by atoms with van der Waals surface area (Å²) in [5, 5.41) is 0. The third kappa shape index (κ3) is 5.25. The van der Waals surface area contributed by atoms with E-state index >= 15 is 0 Å². The number of ether oxygens (including phenoxy) is 1. The highest BCUT2D eigenvalue weighted by molar-refractivity contribution is 9.10. The number of hydrogen-bond donors (Lipinski definition) is 2. The van der Waals surface area contributed by atoms with Crippen molar-refractivity contribution in [2.75, 3.05) is 13.7 Å². The maximum atomic E-state index is 13.0. The molecular weight excluding hydrogens is 462 g/mol. The Morgan fingerprint density at radius 3 is 2.48 bits per heavy atom. The number of unbranched alkanes of at least 4 members (excludes halogenated alkanes) is 1. The Morgan fingerprint density at radius 1 is 1.13 bits per heavy atom. The van der Waals surface area contributed by atoms with E-state index in [1.807, 2.05) is 24.3 Å². The molecule has 0 bridgehead atoms. The van der Waals surface area contributed by atoms with E-state index in [4.69, 9.17) is 4.74 Å². The topological polar surface area (TPSA) is 87.7 Å². The third-order valence-electron chi connectivity index (χ3n) is 5.40. The number of hydrogen-bond acceptors (Lipinski definition) is 4. The van der Waals surface area contributed by atoms with E-state index < -0.39 is 23.8 Å². The molecule has 2 aromatic rings. The number of benzene rings is 2. The van der Waals surface area contributed by atoms with Crippen LogP contribution in [0.4, 0.5) is 0 Å². The molecule has 2 N–H and O–H groups in total. The Bertz CT molecular complexity index is 948. The number of halogens is 1. The molecule has 7 nitrogen and oxygen atoms in total. The zero-order valence-electron chi connectivity index (χ0n) is 17.6. The first kappa shape index (κ1) is 22.8. The lowest BCUT2D eigenvalue weighted by Gasteiger charge is -2.28. The Balaban J connectivity index is 1.77. The maximum absolute atomic E-state index is 13.0. The molecule has 3 amide bonds. The van der Waals surface area contributed by atoms with Crippen molar-refractivity contribution in [1.29, 1.82) is 0 Å². The number of nitrogens with zero attached hydrogens (tertiary/aromatic N) is 1. The van der Waals surface area contributed by atoms with Crippen LogP contribution in [0.1, 0.15) is 48.1 Å². The summed E-state index contributed by atoms with van der Waals surface area (Å²) in [6.07, 6.45) is 1.89. The lowest BCUT2D eigenvalue weighted by Crippen LogP contribution is -2.45. The minimum atomic E-state index is -0.614. The molecule has 8 heteroatoms. The average molecular weight is 488 g/mol. The molecule has 1 fully saturated rings. The van der Waals surface area contributed by atoms with Crippen LogP contribution in [0, 0.1) is 5.92 Å². The van der Waals surface area contributed by atoms with Crippen LogP contribution in [0.2, 0.25) is 0 Å². The molecule has 3 rings (SSSR count). The second-order valence-electron chi connectivity index (χ2n) is 7.39. The standard InChI is InChI=1S/C23H26BrN3O4/c1-3-4-13-27-20(28)14-18(21(27)15-9-11-16(31-2)12-10-15)23(30)26-25-22(29)17-7-5-6-8-19(17)24/h5-12,18,21H,3-4,13-14H2,1-2H3,(H,25,29)(H,26,30). The van der Waals surface area contributed by atoms with E-state index in [-0.39, 0.29) is 12.3 Å². The van der Waals surface area contributed by atoms with Crippen LogP contribution >= 0.6 is 15.9 Å². The van der Waals surface area contributed by atoms with Gasteiger partial charge >= 0.3 is 0 Å². The van der Waals surface area contributed by atoms with E-state index in [0.29, 0.717) is 22.3 Å². The predicted molar refractivity (Wildman–Crippen MR) is 120 cm³/mol. The summed E-state index contributed by atoms with van der Waals surface area (Å²) in [4.78, 5) is 39.9. The van der Waals surface area contributed by atoms with E-state index in [9.17, 15) is 14.4 Å². The smallest absolute Gasteiger partial charge is 0.270 e. The molecule has 2 atom stereocenters. The number of carbonyl (C=O) groups excluding carboxylic acids is 3. The minimum absolute atomic E-state index is 0.0634.